The van der Waals surface area contributed by atoms with Crippen LogP contribution >= 0.6 is 0 Å². The molecule has 0 N–H and O–H groups in total. The molecule has 42 heavy (non-hydrogen) atoms. The molecule has 1 aliphatic rings. The van der Waals surface area contributed by atoms with E-state index in [0.717, 1.165) is 42.7 Å². The predicted octanol–water partition coefficient (Wildman–Crippen LogP) is 8.82. The second-order valence-corrected chi connectivity index (χ2v) is 10.9. The fourth-order valence-corrected chi connectivity index (χ4v) is 4.86. The molecule has 0 aromatic heterocycles. The SMILES string of the molecule is CCCCCCCCOc1ccc(-c2ccc(C(=O)Oc3ccc(C(=O)OC[C@H]4O[C@@H]4CCCCC)cc3)cc2)cc1. The highest BCUT2D eigenvalue weighted by Gasteiger charge is 2.39. The first-order valence-electron chi connectivity index (χ1n) is 15.6. The van der Waals surface area contributed by atoms with Gasteiger partial charge in [-0.1, -0.05) is 89.5 Å². The first-order valence-corrected chi connectivity index (χ1v) is 15.6. The molecule has 0 radical (unpaired) electrons. The Balaban J connectivity index is 1.18. The van der Waals surface area contributed by atoms with Gasteiger partial charge in [0, 0.05) is 0 Å². The molecule has 6 heteroatoms. The summed E-state index contributed by atoms with van der Waals surface area (Å²) in [4.78, 5) is 25.1. The molecule has 2 atom stereocenters. The van der Waals surface area contributed by atoms with Crippen molar-refractivity contribution in [1.82, 2.24) is 0 Å². The molecule has 4 rings (SSSR count). The molecule has 0 bridgehead atoms. The van der Waals surface area contributed by atoms with Crippen molar-refractivity contribution in [3.8, 4) is 22.6 Å². The van der Waals surface area contributed by atoms with E-state index in [1.165, 1.54) is 44.9 Å². The van der Waals surface area contributed by atoms with Gasteiger partial charge in [-0.2, -0.15) is 0 Å². The summed E-state index contributed by atoms with van der Waals surface area (Å²) in [6.45, 7) is 5.41. The highest BCUT2D eigenvalue weighted by Crippen LogP contribution is 2.28. The zero-order chi connectivity index (χ0) is 29.6. The molecule has 1 heterocycles. The summed E-state index contributed by atoms with van der Waals surface area (Å²) in [6, 6.07) is 21.7. The van der Waals surface area contributed by atoms with Crippen LogP contribution in [0.1, 0.15) is 98.8 Å². The van der Waals surface area contributed by atoms with Gasteiger partial charge in [0.2, 0.25) is 0 Å². The van der Waals surface area contributed by atoms with Crippen molar-refractivity contribution in [2.24, 2.45) is 0 Å². The number of hydrogen-bond donors (Lipinski definition) is 0. The van der Waals surface area contributed by atoms with Crippen LogP contribution in [0.3, 0.4) is 0 Å². The first kappa shape index (κ1) is 31.3. The Hall–Kier alpha value is -3.64. The van der Waals surface area contributed by atoms with Crippen LogP contribution in [0, 0.1) is 0 Å². The van der Waals surface area contributed by atoms with Crippen molar-refractivity contribution >= 4 is 11.9 Å². The summed E-state index contributed by atoms with van der Waals surface area (Å²) >= 11 is 0. The Morgan fingerprint density at radius 1 is 0.619 bits per heavy atom. The Morgan fingerprint density at radius 3 is 1.86 bits per heavy atom. The minimum Gasteiger partial charge on any atom is -0.494 e. The number of unbranched alkanes of at least 4 members (excludes halogenated alkanes) is 7. The Bertz CT molecular complexity index is 1230. The third-order valence-corrected chi connectivity index (χ3v) is 7.53. The van der Waals surface area contributed by atoms with Crippen LogP contribution in [0.2, 0.25) is 0 Å². The number of hydrogen-bond acceptors (Lipinski definition) is 6. The minimum atomic E-state index is -0.463. The summed E-state index contributed by atoms with van der Waals surface area (Å²) in [5.41, 5.74) is 2.89. The number of rotatable bonds is 18. The molecule has 3 aromatic rings. The molecule has 224 valence electrons. The van der Waals surface area contributed by atoms with Crippen molar-refractivity contribution in [1.29, 1.82) is 0 Å². The van der Waals surface area contributed by atoms with Crippen LogP contribution in [0.15, 0.2) is 72.8 Å². The minimum absolute atomic E-state index is 0.00511. The van der Waals surface area contributed by atoms with Crippen molar-refractivity contribution in [2.45, 2.75) is 90.3 Å². The summed E-state index contributed by atoms with van der Waals surface area (Å²) in [7, 11) is 0. The Kier molecular flexibility index (Phi) is 12.5. The average molecular weight is 573 g/mol. The van der Waals surface area contributed by atoms with Crippen LogP contribution in [0.4, 0.5) is 0 Å². The van der Waals surface area contributed by atoms with E-state index in [4.69, 9.17) is 18.9 Å². The maximum atomic E-state index is 12.7. The van der Waals surface area contributed by atoms with Crippen LogP contribution < -0.4 is 9.47 Å². The number of esters is 2. The standard InChI is InChI=1S/C36H44O6/c1-3-5-7-8-9-11-25-39-31-21-17-28(18-22-31)27-13-15-30(16-14-27)36(38)41-32-23-19-29(20-24-32)35(37)40-26-34-33(42-34)12-10-6-4-2/h13-24,33-34H,3-12,25-26H2,1-2H3/t33-,34-/m1/s1. The van der Waals surface area contributed by atoms with E-state index >= 15 is 0 Å². The molecular weight excluding hydrogens is 528 g/mol. The molecule has 0 amide bonds. The Morgan fingerprint density at radius 2 is 1.17 bits per heavy atom. The lowest BCUT2D eigenvalue weighted by atomic mass is 10.0. The van der Waals surface area contributed by atoms with E-state index in [0.29, 0.717) is 16.9 Å². The van der Waals surface area contributed by atoms with Crippen molar-refractivity contribution in [2.75, 3.05) is 13.2 Å². The van der Waals surface area contributed by atoms with Gasteiger partial charge in [-0.3, -0.25) is 0 Å². The third kappa shape index (κ3) is 10.0. The van der Waals surface area contributed by atoms with Gasteiger partial charge in [-0.15, -0.1) is 0 Å². The molecule has 6 nitrogen and oxygen atoms in total. The Labute approximate surface area is 250 Å². The highest BCUT2D eigenvalue weighted by atomic mass is 16.6. The summed E-state index contributed by atoms with van der Waals surface area (Å²) < 4.78 is 22.4. The number of benzene rings is 3. The fourth-order valence-electron chi connectivity index (χ4n) is 4.86. The van der Waals surface area contributed by atoms with Gasteiger partial charge in [-0.25, -0.2) is 9.59 Å². The molecule has 0 unspecified atom stereocenters. The lowest BCUT2D eigenvalue weighted by Crippen LogP contribution is -2.12. The average Bonchev–Trinajstić information content (AvgIpc) is 3.78. The first-order chi connectivity index (χ1) is 20.6. The summed E-state index contributed by atoms with van der Waals surface area (Å²) in [5, 5.41) is 0. The largest absolute Gasteiger partial charge is 0.494 e. The summed E-state index contributed by atoms with van der Waals surface area (Å²) in [5.74, 6) is 0.354. The zero-order valence-electron chi connectivity index (χ0n) is 25.0. The second kappa shape index (κ2) is 16.7. The van der Waals surface area contributed by atoms with Crippen LogP contribution in [0.5, 0.6) is 11.5 Å². The van der Waals surface area contributed by atoms with Gasteiger partial charge in [0.25, 0.3) is 0 Å². The van der Waals surface area contributed by atoms with E-state index in [1.54, 1.807) is 36.4 Å². The molecule has 0 saturated carbocycles. The number of epoxide rings is 1. The lowest BCUT2D eigenvalue weighted by Gasteiger charge is -2.09. The van der Waals surface area contributed by atoms with Gasteiger partial charge in [0.05, 0.1) is 23.8 Å². The van der Waals surface area contributed by atoms with Gasteiger partial charge in [0.1, 0.15) is 24.2 Å². The smallest absolute Gasteiger partial charge is 0.343 e. The molecule has 1 saturated heterocycles. The van der Waals surface area contributed by atoms with Gasteiger partial charge < -0.3 is 18.9 Å². The van der Waals surface area contributed by atoms with E-state index in [9.17, 15) is 9.59 Å². The summed E-state index contributed by atoms with van der Waals surface area (Å²) in [6.07, 6.45) is 12.2. The van der Waals surface area contributed by atoms with Gasteiger partial charge in [0.15, 0.2) is 0 Å². The monoisotopic (exact) mass is 572 g/mol. The second-order valence-electron chi connectivity index (χ2n) is 10.9. The molecule has 0 spiro atoms. The van der Waals surface area contributed by atoms with Crippen molar-refractivity contribution in [3.05, 3.63) is 83.9 Å². The maximum Gasteiger partial charge on any atom is 0.343 e. The molecular formula is C36H44O6. The fraction of sp³-hybridized carbons (Fsp3) is 0.444. The number of ether oxygens (including phenoxy) is 4. The van der Waals surface area contributed by atoms with E-state index in [2.05, 4.69) is 13.8 Å². The third-order valence-electron chi connectivity index (χ3n) is 7.53. The normalized spacial score (nSPS) is 15.7. The van der Waals surface area contributed by atoms with Crippen LogP contribution in [-0.2, 0) is 9.47 Å². The van der Waals surface area contributed by atoms with Crippen molar-refractivity contribution in [3.63, 3.8) is 0 Å². The van der Waals surface area contributed by atoms with Crippen LogP contribution in [0.25, 0.3) is 11.1 Å². The highest BCUT2D eigenvalue weighted by molar-refractivity contribution is 5.92. The number of carbonyl (C=O) groups excluding carboxylic acids is 2. The predicted molar refractivity (Wildman–Crippen MR) is 165 cm³/mol. The molecule has 1 aliphatic heterocycles. The maximum absolute atomic E-state index is 12.7. The van der Waals surface area contributed by atoms with E-state index in [-0.39, 0.29) is 18.8 Å². The number of carbonyl (C=O) groups is 2. The van der Waals surface area contributed by atoms with Gasteiger partial charge >= 0.3 is 11.9 Å². The molecule has 0 aliphatic carbocycles. The molecule has 1 fully saturated rings. The van der Waals surface area contributed by atoms with Crippen molar-refractivity contribution < 1.29 is 28.5 Å². The van der Waals surface area contributed by atoms with Gasteiger partial charge in [-0.05, 0) is 72.5 Å². The van der Waals surface area contributed by atoms with Crippen LogP contribution in [-0.4, -0.2) is 37.4 Å². The topological polar surface area (TPSA) is 74.4 Å². The van der Waals surface area contributed by atoms with E-state index in [1.807, 2.05) is 36.4 Å². The quantitative estimate of drug-likeness (QED) is 0.0656. The lowest BCUT2D eigenvalue weighted by molar-refractivity contribution is 0.0476. The zero-order valence-corrected chi connectivity index (χ0v) is 25.0. The van der Waals surface area contributed by atoms with E-state index < -0.39 is 11.9 Å². The molecule has 3 aromatic carbocycles.